The summed E-state index contributed by atoms with van der Waals surface area (Å²) in [5, 5.41) is 0.384. The van der Waals surface area contributed by atoms with Crippen LogP contribution in [0, 0.1) is 6.92 Å². The van der Waals surface area contributed by atoms with Gasteiger partial charge in [-0.05, 0) is 36.8 Å². The molecule has 0 fully saturated rings. The summed E-state index contributed by atoms with van der Waals surface area (Å²) < 4.78 is 0.634. The van der Waals surface area contributed by atoms with Crippen molar-refractivity contribution in [1.82, 2.24) is 0 Å². The van der Waals surface area contributed by atoms with Gasteiger partial charge in [-0.2, -0.15) is 0 Å². The Hall–Kier alpha value is -1.03. The van der Waals surface area contributed by atoms with Gasteiger partial charge < -0.3 is 5.73 Å². The van der Waals surface area contributed by atoms with E-state index in [4.69, 9.17) is 28.9 Å². The quantitative estimate of drug-likeness (QED) is 0.665. The number of hydrogen-bond acceptors (Lipinski definition) is 3. The normalized spacial score (nSPS) is 10.5. The van der Waals surface area contributed by atoms with E-state index in [-0.39, 0.29) is 5.78 Å². The zero-order valence-electron chi connectivity index (χ0n) is 8.96. The van der Waals surface area contributed by atoms with Crippen LogP contribution < -0.4 is 5.73 Å². The van der Waals surface area contributed by atoms with E-state index in [1.165, 1.54) is 11.3 Å². The summed E-state index contributed by atoms with van der Waals surface area (Å²) in [6.07, 6.45) is 0. The predicted molar refractivity (Wildman–Crippen MR) is 73.4 cm³/mol. The van der Waals surface area contributed by atoms with E-state index in [1.54, 1.807) is 24.3 Å². The number of hydrogen-bond donors (Lipinski definition) is 1. The third-order valence-electron chi connectivity index (χ3n) is 2.34. The van der Waals surface area contributed by atoms with E-state index in [0.717, 1.165) is 5.56 Å². The van der Waals surface area contributed by atoms with Crippen molar-refractivity contribution >= 4 is 46.0 Å². The summed E-state index contributed by atoms with van der Waals surface area (Å²) in [7, 11) is 0. The van der Waals surface area contributed by atoms with E-state index in [1.807, 2.05) is 6.92 Å². The molecule has 2 nitrogen and oxygen atoms in total. The number of carbonyl (C=O) groups excluding carboxylic acids is 1. The second kappa shape index (κ2) is 4.69. The van der Waals surface area contributed by atoms with Crippen LogP contribution in [0.15, 0.2) is 24.3 Å². The van der Waals surface area contributed by atoms with Gasteiger partial charge in [0, 0.05) is 5.56 Å². The Morgan fingerprint density at radius 2 is 2.00 bits per heavy atom. The van der Waals surface area contributed by atoms with Gasteiger partial charge in [0.1, 0.15) is 0 Å². The Labute approximate surface area is 113 Å². The van der Waals surface area contributed by atoms with Crippen LogP contribution in [0.2, 0.25) is 9.36 Å². The molecule has 0 aliphatic heterocycles. The second-order valence-electron chi connectivity index (χ2n) is 3.63. The van der Waals surface area contributed by atoms with Gasteiger partial charge in [-0.15, -0.1) is 11.3 Å². The molecule has 5 heteroatoms. The smallest absolute Gasteiger partial charge is 0.203 e. The molecular formula is C12H9Cl2NOS. The third-order valence-corrected chi connectivity index (χ3v) is 4.22. The number of anilines is 1. The van der Waals surface area contributed by atoms with Crippen LogP contribution in [0.3, 0.4) is 0 Å². The molecule has 0 saturated carbocycles. The Morgan fingerprint density at radius 3 is 2.53 bits per heavy atom. The standard InChI is InChI=1S/C12H9Cl2NOS/c1-6-4-10(17-12(6)14)11(16)7-2-3-9(15)8(13)5-7/h2-5H,15H2,1H3. The Kier molecular flexibility index (Phi) is 3.43. The van der Waals surface area contributed by atoms with E-state index >= 15 is 0 Å². The molecule has 2 aromatic rings. The van der Waals surface area contributed by atoms with Crippen LogP contribution in [0.5, 0.6) is 0 Å². The SMILES string of the molecule is Cc1cc(C(=O)c2ccc(N)c(Cl)c2)sc1Cl. The summed E-state index contributed by atoms with van der Waals surface area (Å²) in [6, 6.07) is 6.63. The number of nitrogen functional groups attached to an aromatic ring is 1. The molecule has 0 unspecified atom stereocenters. The molecule has 1 heterocycles. The average Bonchev–Trinajstić information content (AvgIpc) is 2.62. The van der Waals surface area contributed by atoms with Gasteiger partial charge in [-0.3, -0.25) is 4.79 Å². The summed E-state index contributed by atoms with van der Waals surface area (Å²) >= 11 is 13.1. The highest BCUT2D eigenvalue weighted by Gasteiger charge is 2.14. The predicted octanol–water partition coefficient (Wildman–Crippen LogP) is 4.18. The molecule has 0 amide bonds. The number of nitrogens with two attached hydrogens (primary N) is 1. The molecule has 0 spiro atoms. The van der Waals surface area contributed by atoms with Crippen LogP contribution in [0.1, 0.15) is 20.8 Å². The van der Waals surface area contributed by atoms with Gasteiger partial charge in [0.15, 0.2) is 0 Å². The lowest BCUT2D eigenvalue weighted by atomic mass is 10.1. The number of ketones is 1. The number of halogens is 2. The van der Waals surface area contributed by atoms with Gasteiger partial charge in [0.05, 0.1) is 19.9 Å². The van der Waals surface area contributed by atoms with Crippen molar-refractivity contribution in [3.63, 3.8) is 0 Å². The summed E-state index contributed by atoms with van der Waals surface area (Å²) in [5.74, 6) is -0.0908. The van der Waals surface area contributed by atoms with E-state index < -0.39 is 0 Å². The number of rotatable bonds is 2. The molecule has 0 aliphatic rings. The van der Waals surface area contributed by atoms with Crippen molar-refractivity contribution in [2.24, 2.45) is 0 Å². The average molecular weight is 286 g/mol. The zero-order chi connectivity index (χ0) is 12.6. The number of benzene rings is 1. The molecule has 17 heavy (non-hydrogen) atoms. The monoisotopic (exact) mass is 285 g/mol. The maximum Gasteiger partial charge on any atom is 0.203 e. The highest BCUT2D eigenvalue weighted by Crippen LogP contribution is 2.29. The van der Waals surface area contributed by atoms with Crippen molar-refractivity contribution in [3.05, 3.63) is 49.6 Å². The highest BCUT2D eigenvalue weighted by molar-refractivity contribution is 7.18. The molecular weight excluding hydrogens is 277 g/mol. The largest absolute Gasteiger partial charge is 0.398 e. The lowest BCUT2D eigenvalue weighted by molar-refractivity contribution is 0.104. The minimum absolute atomic E-state index is 0.0908. The first kappa shape index (κ1) is 12.4. The molecule has 2 rings (SSSR count). The Balaban J connectivity index is 2.40. The molecule has 1 aromatic carbocycles. The van der Waals surface area contributed by atoms with Gasteiger partial charge in [-0.1, -0.05) is 23.2 Å². The fourth-order valence-electron chi connectivity index (χ4n) is 1.38. The zero-order valence-corrected chi connectivity index (χ0v) is 11.3. The number of carbonyl (C=O) groups is 1. The van der Waals surface area contributed by atoms with E-state index in [9.17, 15) is 4.79 Å². The minimum atomic E-state index is -0.0908. The fourth-order valence-corrected chi connectivity index (χ4v) is 2.73. The van der Waals surface area contributed by atoms with Gasteiger partial charge >= 0.3 is 0 Å². The van der Waals surface area contributed by atoms with Crippen LogP contribution in [-0.2, 0) is 0 Å². The molecule has 2 N–H and O–H groups in total. The Morgan fingerprint density at radius 1 is 1.29 bits per heavy atom. The van der Waals surface area contributed by atoms with Crippen molar-refractivity contribution in [3.8, 4) is 0 Å². The van der Waals surface area contributed by atoms with Gasteiger partial charge in [-0.25, -0.2) is 0 Å². The molecule has 88 valence electrons. The molecule has 1 aromatic heterocycles. The van der Waals surface area contributed by atoms with Crippen molar-refractivity contribution in [2.75, 3.05) is 5.73 Å². The maximum absolute atomic E-state index is 12.1. The third kappa shape index (κ3) is 2.46. The second-order valence-corrected chi connectivity index (χ2v) is 5.69. The summed E-state index contributed by atoms with van der Waals surface area (Å²) in [4.78, 5) is 12.7. The van der Waals surface area contributed by atoms with E-state index in [0.29, 0.717) is 25.5 Å². The fraction of sp³-hybridized carbons (Fsp3) is 0.0833. The lowest BCUT2D eigenvalue weighted by Gasteiger charge is -2.01. The summed E-state index contributed by atoms with van der Waals surface area (Å²) in [6.45, 7) is 1.87. The van der Waals surface area contributed by atoms with Crippen molar-refractivity contribution < 1.29 is 4.79 Å². The molecule has 0 saturated heterocycles. The van der Waals surface area contributed by atoms with Crippen molar-refractivity contribution in [1.29, 1.82) is 0 Å². The van der Waals surface area contributed by atoms with E-state index in [2.05, 4.69) is 0 Å². The summed E-state index contributed by atoms with van der Waals surface area (Å²) in [5.41, 5.74) is 7.48. The van der Waals surface area contributed by atoms with Crippen LogP contribution in [0.4, 0.5) is 5.69 Å². The molecule has 0 aliphatic carbocycles. The number of thiophene rings is 1. The van der Waals surface area contributed by atoms with Crippen LogP contribution >= 0.6 is 34.5 Å². The minimum Gasteiger partial charge on any atom is -0.398 e. The first-order chi connectivity index (χ1) is 7.99. The van der Waals surface area contributed by atoms with Crippen LogP contribution in [0.25, 0.3) is 0 Å². The Bertz CT molecular complexity index is 573. The topological polar surface area (TPSA) is 43.1 Å². The van der Waals surface area contributed by atoms with Crippen LogP contribution in [-0.4, -0.2) is 5.78 Å². The van der Waals surface area contributed by atoms with Crippen molar-refractivity contribution in [2.45, 2.75) is 6.92 Å². The maximum atomic E-state index is 12.1. The van der Waals surface area contributed by atoms with Gasteiger partial charge in [0.25, 0.3) is 0 Å². The highest BCUT2D eigenvalue weighted by atomic mass is 35.5. The molecule has 0 radical (unpaired) electrons. The van der Waals surface area contributed by atoms with Gasteiger partial charge in [0.2, 0.25) is 5.78 Å². The number of aryl methyl sites for hydroxylation is 1. The first-order valence-electron chi connectivity index (χ1n) is 4.84. The molecule has 0 bridgehead atoms. The molecule has 0 atom stereocenters. The lowest BCUT2D eigenvalue weighted by Crippen LogP contribution is -1.99. The first-order valence-corrected chi connectivity index (χ1v) is 6.42.